The second-order valence-corrected chi connectivity index (χ2v) is 9.43. The molecular weight excluding hydrogens is 422 g/mol. The predicted octanol–water partition coefficient (Wildman–Crippen LogP) is 4.82. The third kappa shape index (κ3) is 5.82. The fourth-order valence-electron chi connectivity index (χ4n) is 3.92. The Balaban J connectivity index is 1.71. The summed E-state index contributed by atoms with van der Waals surface area (Å²) in [6.07, 6.45) is 1.70. The summed E-state index contributed by atoms with van der Waals surface area (Å²) in [5.74, 6) is 1.23. The van der Waals surface area contributed by atoms with Gasteiger partial charge in [-0.15, -0.1) is 11.3 Å². The van der Waals surface area contributed by atoms with Crippen molar-refractivity contribution in [1.82, 2.24) is 15.1 Å². The molecule has 0 spiro atoms. The van der Waals surface area contributed by atoms with E-state index >= 15 is 0 Å². The molecule has 3 amide bonds. The molecule has 0 saturated heterocycles. The molecule has 3 rings (SSSR count). The van der Waals surface area contributed by atoms with Gasteiger partial charge >= 0.3 is 6.03 Å². The zero-order valence-corrected chi connectivity index (χ0v) is 20.4. The smallest absolute Gasteiger partial charge is 0.317 e. The standard InChI is InChI=1S/C25H35N3O3S/c1-5-13-26-25(30)27(6-2)16-24(29)28-14-11-23-21(12-15-32-23)22(28)17-31-20-9-7-19(8-10-20)18(3)4/h7-10,12,15,18,22H,5-6,11,13-14,16-17H2,1-4H3,(H,26,30). The van der Waals surface area contributed by atoms with E-state index in [0.29, 0.717) is 32.2 Å². The van der Waals surface area contributed by atoms with Crippen molar-refractivity contribution in [2.45, 2.75) is 52.5 Å². The molecule has 0 fully saturated rings. The number of hydrogen-bond donors (Lipinski definition) is 1. The summed E-state index contributed by atoms with van der Waals surface area (Å²) in [6.45, 7) is 10.4. The molecule has 1 unspecified atom stereocenters. The van der Waals surface area contributed by atoms with Gasteiger partial charge in [0.1, 0.15) is 18.9 Å². The van der Waals surface area contributed by atoms with Crippen molar-refractivity contribution in [3.8, 4) is 5.75 Å². The van der Waals surface area contributed by atoms with E-state index in [9.17, 15) is 9.59 Å². The molecule has 1 N–H and O–H groups in total. The number of nitrogens with one attached hydrogen (secondary N) is 1. The Labute approximate surface area is 195 Å². The van der Waals surface area contributed by atoms with Gasteiger partial charge < -0.3 is 19.9 Å². The van der Waals surface area contributed by atoms with Crippen LogP contribution in [0.1, 0.15) is 62.1 Å². The van der Waals surface area contributed by atoms with Crippen LogP contribution >= 0.6 is 11.3 Å². The molecule has 174 valence electrons. The van der Waals surface area contributed by atoms with Crippen LogP contribution in [0.3, 0.4) is 0 Å². The Kier molecular flexibility index (Phi) is 8.56. The highest BCUT2D eigenvalue weighted by Gasteiger charge is 2.33. The minimum atomic E-state index is -0.186. The fourth-order valence-corrected chi connectivity index (χ4v) is 4.85. The first-order valence-electron chi connectivity index (χ1n) is 11.6. The summed E-state index contributed by atoms with van der Waals surface area (Å²) >= 11 is 1.73. The van der Waals surface area contributed by atoms with Crippen LogP contribution in [-0.4, -0.2) is 54.5 Å². The summed E-state index contributed by atoms with van der Waals surface area (Å²) in [4.78, 5) is 30.4. The molecule has 0 radical (unpaired) electrons. The lowest BCUT2D eigenvalue weighted by Gasteiger charge is -2.37. The molecule has 1 aromatic carbocycles. The van der Waals surface area contributed by atoms with Gasteiger partial charge in [-0.3, -0.25) is 4.79 Å². The number of nitrogens with zero attached hydrogens (tertiary/aromatic N) is 2. The molecule has 1 aromatic heterocycles. The maximum Gasteiger partial charge on any atom is 0.317 e. The zero-order chi connectivity index (χ0) is 23.1. The van der Waals surface area contributed by atoms with Crippen LogP contribution in [0.25, 0.3) is 0 Å². The maximum atomic E-state index is 13.3. The number of hydrogen-bond acceptors (Lipinski definition) is 4. The molecule has 1 aliphatic heterocycles. The first-order valence-corrected chi connectivity index (χ1v) is 12.4. The topological polar surface area (TPSA) is 61.9 Å². The van der Waals surface area contributed by atoms with Crippen molar-refractivity contribution >= 4 is 23.3 Å². The van der Waals surface area contributed by atoms with E-state index in [1.165, 1.54) is 10.4 Å². The first-order chi connectivity index (χ1) is 15.4. The van der Waals surface area contributed by atoms with Gasteiger partial charge in [-0.05, 0) is 60.4 Å². The van der Waals surface area contributed by atoms with E-state index in [-0.39, 0.29) is 24.5 Å². The minimum Gasteiger partial charge on any atom is -0.491 e. The third-order valence-electron chi connectivity index (χ3n) is 5.89. The van der Waals surface area contributed by atoms with Gasteiger partial charge in [-0.25, -0.2) is 4.79 Å². The van der Waals surface area contributed by atoms with E-state index < -0.39 is 0 Å². The number of benzene rings is 1. The number of carbonyl (C=O) groups excluding carboxylic acids is 2. The summed E-state index contributed by atoms with van der Waals surface area (Å²) in [7, 11) is 0. The molecule has 6 nitrogen and oxygen atoms in total. The Hall–Kier alpha value is -2.54. The normalized spacial score (nSPS) is 15.4. The van der Waals surface area contributed by atoms with Crippen LogP contribution in [0.15, 0.2) is 35.7 Å². The quantitative estimate of drug-likeness (QED) is 0.587. The van der Waals surface area contributed by atoms with E-state index in [2.05, 4.69) is 42.7 Å². The van der Waals surface area contributed by atoms with Gasteiger partial charge in [0, 0.05) is 24.5 Å². The second kappa shape index (κ2) is 11.4. The van der Waals surface area contributed by atoms with Crippen molar-refractivity contribution in [2.75, 3.05) is 32.8 Å². The number of ether oxygens (including phenoxy) is 1. The summed E-state index contributed by atoms with van der Waals surface area (Å²) in [6, 6.07) is 9.93. The van der Waals surface area contributed by atoms with E-state index in [4.69, 9.17) is 4.74 Å². The van der Waals surface area contributed by atoms with E-state index in [1.807, 2.05) is 30.9 Å². The monoisotopic (exact) mass is 457 g/mol. The molecule has 1 atom stereocenters. The molecule has 0 aliphatic carbocycles. The molecule has 7 heteroatoms. The Bertz CT molecular complexity index is 894. The van der Waals surface area contributed by atoms with Gasteiger partial charge in [0.15, 0.2) is 0 Å². The molecule has 2 heterocycles. The Morgan fingerprint density at radius 2 is 1.97 bits per heavy atom. The predicted molar refractivity (Wildman–Crippen MR) is 129 cm³/mol. The molecule has 2 aromatic rings. The van der Waals surface area contributed by atoms with E-state index in [0.717, 1.165) is 24.2 Å². The van der Waals surface area contributed by atoms with Crippen molar-refractivity contribution in [1.29, 1.82) is 0 Å². The Morgan fingerprint density at radius 3 is 2.62 bits per heavy atom. The van der Waals surface area contributed by atoms with Crippen molar-refractivity contribution in [2.24, 2.45) is 0 Å². The average molecular weight is 458 g/mol. The van der Waals surface area contributed by atoms with Crippen molar-refractivity contribution < 1.29 is 14.3 Å². The molecule has 32 heavy (non-hydrogen) atoms. The number of urea groups is 1. The van der Waals surface area contributed by atoms with Crippen LogP contribution in [0, 0.1) is 0 Å². The number of thiophene rings is 1. The lowest BCUT2D eigenvalue weighted by molar-refractivity contribution is -0.135. The second-order valence-electron chi connectivity index (χ2n) is 8.43. The van der Waals surface area contributed by atoms with Crippen LogP contribution < -0.4 is 10.1 Å². The van der Waals surface area contributed by atoms with Crippen molar-refractivity contribution in [3.63, 3.8) is 0 Å². The highest BCUT2D eigenvalue weighted by molar-refractivity contribution is 7.10. The first kappa shape index (κ1) is 24.1. The number of carbonyl (C=O) groups is 2. The lowest BCUT2D eigenvalue weighted by Crippen LogP contribution is -2.49. The largest absolute Gasteiger partial charge is 0.491 e. The van der Waals surface area contributed by atoms with Crippen LogP contribution in [0.4, 0.5) is 4.79 Å². The van der Waals surface area contributed by atoms with E-state index in [1.54, 1.807) is 16.2 Å². The number of likely N-dealkylation sites (N-methyl/N-ethyl adjacent to an activating group) is 1. The van der Waals surface area contributed by atoms with Gasteiger partial charge in [0.2, 0.25) is 5.91 Å². The molecule has 1 aliphatic rings. The van der Waals surface area contributed by atoms with Crippen LogP contribution in [0.5, 0.6) is 5.75 Å². The number of rotatable bonds is 9. The number of amides is 3. The highest BCUT2D eigenvalue weighted by atomic mass is 32.1. The summed E-state index contributed by atoms with van der Waals surface area (Å²) < 4.78 is 6.14. The number of fused-ring (bicyclic) bond motifs is 1. The van der Waals surface area contributed by atoms with Crippen LogP contribution in [0.2, 0.25) is 0 Å². The molecule has 0 bridgehead atoms. The average Bonchev–Trinajstić information content (AvgIpc) is 3.28. The molecule has 0 saturated carbocycles. The summed E-state index contributed by atoms with van der Waals surface area (Å²) in [5.41, 5.74) is 2.43. The SMILES string of the molecule is CCCNC(=O)N(CC)CC(=O)N1CCc2sccc2C1COc1ccc(C(C)C)cc1. The maximum absolute atomic E-state index is 13.3. The Morgan fingerprint density at radius 1 is 1.22 bits per heavy atom. The highest BCUT2D eigenvalue weighted by Crippen LogP contribution is 2.34. The molecular formula is C25H35N3O3S. The zero-order valence-electron chi connectivity index (χ0n) is 19.6. The summed E-state index contributed by atoms with van der Waals surface area (Å²) in [5, 5.41) is 4.95. The van der Waals surface area contributed by atoms with Gasteiger partial charge in [0.25, 0.3) is 0 Å². The van der Waals surface area contributed by atoms with Gasteiger partial charge in [-0.2, -0.15) is 0 Å². The van der Waals surface area contributed by atoms with Crippen molar-refractivity contribution in [3.05, 3.63) is 51.7 Å². The minimum absolute atomic E-state index is 0.0425. The van der Waals surface area contributed by atoms with Crippen LogP contribution in [-0.2, 0) is 11.2 Å². The third-order valence-corrected chi connectivity index (χ3v) is 6.89. The lowest BCUT2D eigenvalue weighted by atomic mass is 10.00. The van der Waals surface area contributed by atoms with Gasteiger partial charge in [-0.1, -0.05) is 32.9 Å². The van der Waals surface area contributed by atoms with Gasteiger partial charge in [0.05, 0.1) is 6.04 Å². The fraction of sp³-hybridized carbons (Fsp3) is 0.520.